The first-order valence-electron chi connectivity index (χ1n) is 8.61. The van der Waals surface area contributed by atoms with E-state index in [2.05, 4.69) is 10.2 Å². The van der Waals surface area contributed by atoms with Crippen molar-refractivity contribution in [1.82, 2.24) is 19.7 Å². The molecule has 1 saturated heterocycles. The minimum atomic E-state index is -3.48. The fourth-order valence-electron chi connectivity index (χ4n) is 2.92. The third kappa shape index (κ3) is 4.27. The predicted molar refractivity (Wildman–Crippen MR) is 99.6 cm³/mol. The monoisotopic (exact) mass is 394 g/mol. The van der Waals surface area contributed by atoms with Gasteiger partial charge < -0.3 is 9.47 Å². The molecule has 0 radical (unpaired) electrons. The Bertz CT molecular complexity index is 859. The zero-order chi connectivity index (χ0) is 18.6. The zero-order valence-corrected chi connectivity index (χ0v) is 16.3. The van der Waals surface area contributed by atoms with Crippen LogP contribution in [0.4, 0.5) is 0 Å². The molecule has 1 aromatic heterocycles. The molecule has 1 aromatic carbocycles. The standard InChI is InChI=1S/C17H22N4O3S2/c1-2-21-15(13-26(23,24)14-8-4-3-5-9-14)18-19-17(21)25-12-16(22)20-10-6-7-11-20/h3-5,8-9H,2,6-7,10-13H2,1H3. The van der Waals surface area contributed by atoms with Gasteiger partial charge in [-0.25, -0.2) is 8.42 Å². The van der Waals surface area contributed by atoms with E-state index in [1.807, 2.05) is 11.8 Å². The Morgan fingerprint density at radius 2 is 1.85 bits per heavy atom. The summed E-state index contributed by atoms with van der Waals surface area (Å²) in [7, 11) is -3.48. The molecule has 2 aromatic rings. The van der Waals surface area contributed by atoms with Crippen molar-refractivity contribution in [2.24, 2.45) is 0 Å². The molecule has 26 heavy (non-hydrogen) atoms. The van der Waals surface area contributed by atoms with E-state index in [0.717, 1.165) is 25.9 Å². The minimum Gasteiger partial charge on any atom is -0.342 e. The number of hydrogen-bond acceptors (Lipinski definition) is 6. The molecule has 1 aliphatic rings. The molecule has 0 unspecified atom stereocenters. The van der Waals surface area contributed by atoms with Gasteiger partial charge in [0.05, 0.1) is 10.6 Å². The van der Waals surface area contributed by atoms with Gasteiger partial charge in [0, 0.05) is 19.6 Å². The maximum absolute atomic E-state index is 12.6. The molecule has 1 aliphatic heterocycles. The molecular formula is C17H22N4O3S2. The number of carbonyl (C=O) groups is 1. The summed E-state index contributed by atoms with van der Waals surface area (Å²) in [5.74, 6) is 0.575. The van der Waals surface area contributed by atoms with Gasteiger partial charge in [-0.3, -0.25) is 4.79 Å². The Balaban J connectivity index is 1.71. The fraction of sp³-hybridized carbons (Fsp3) is 0.471. The summed E-state index contributed by atoms with van der Waals surface area (Å²) < 4.78 is 26.9. The molecule has 0 spiro atoms. The molecule has 3 rings (SSSR count). The third-order valence-electron chi connectivity index (χ3n) is 4.31. The molecule has 0 saturated carbocycles. The van der Waals surface area contributed by atoms with Crippen LogP contribution in [0.5, 0.6) is 0 Å². The Morgan fingerprint density at radius 1 is 1.15 bits per heavy atom. The molecule has 7 nitrogen and oxygen atoms in total. The molecule has 140 valence electrons. The fourth-order valence-corrected chi connectivity index (χ4v) is 5.13. The first-order chi connectivity index (χ1) is 12.5. The van der Waals surface area contributed by atoms with E-state index < -0.39 is 9.84 Å². The normalized spacial score (nSPS) is 14.7. The van der Waals surface area contributed by atoms with E-state index in [4.69, 9.17) is 0 Å². The average molecular weight is 395 g/mol. The van der Waals surface area contributed by atoms with Gasteiger partial charge in [0.25, 0.3) is 0 Å². The Labute approximate surface area is 157 Å². The number of benzene rings is 1. The molecule has 1 fully saturated rings. The SMILES string of the molecule is CCn1c(CS(=O)(=O)c2ccccc2)nnc1SCC(=O)N1CCCC1. The Kier molecular flexibility index (Phi) is 5.98. The number of likely N-dealkylation sites (tertiary alicyclic amines) is 1. The highest BCUT2D eigenvalue weighted by Crippen LogP contribution is 2.21. The number of sulfone groups is 1. The van der Waals surface area contributed by atoms with Crippen LogP contribution < -0.4 is 0 Å². The van der Waals surface area contributed by atoms with Gasteiger partial charge in [-0.1, -0.05) is 30.0 Å². The van der Waals surface area contributed by atoms with E-state index in [1.165, 1.54) is 11.8 Å². The van der Waals surface area contributed by atoms with Gasteiger partial charge in [0.1, 0.15) is 11.6 Å². The lowest BCUT2D eigenvalue weighted by Gasteiger charge is -2.14. The second-order valence-corrected chi connectivity index (χ2v) is 9.02. The van der Waals surface area contributed by atoms with Gasteiger partial charge in [0.2, 0.25) is 5.91 Å². The van der Waals surface area contributed by atoms with E-state index in [0.29, 0.717) is 23.3 Å². The molecule has 0 atom stereocenters. The van der Waals surface area contributed by atoms with Crippen LogP contribution >= 0.6 is 11.8 Å². The van der Waals surface area contributed by atoms with Crippen LogP contribution in [-0.4, -0.2) is 52.8 Å². The average Bonchev–Trinajstić information content (AvgIpc) is 3.30. The van der Waals surface area contributed by atoms with E-state index in [-0.39, 0.29) is 16.6 Å². The summed E-state index contributed by atoms with van der Waals surface area (Å²) in [6.45, 7) is 4.10. The van der Waals surface area contributed by atoms with Crippen LogP contribution in [0, 0.1) is 0 Å². The molecule has 1 amide bonds. The van der Waals surface area contributed by atoms with Gasteiger partial charge >= 0.3 is 0 Å². The largest absolute Gasteiger partial charge is 0.342 e. The van der Waals surface area contributed by atoms with Crippen LogP contribution in [-0.2, 0) is 26.9 Å². The number of rotatable bonds is 7. The lowest BCUT2D eigenvalue weighted by molar-refractivity contribution is -0.127. The van der Waals surface area contributed by atoms with Crippen molar-refractivity contribution in [2.45, 2.75) is 42.1 Å². The lowest BCUT2D eigenvalue weighted by atomic mass is 10.4. The van der Waals surface area contributed by atoms with E-state index in [9.17, 15) is 13.2 Å². The molecule has 0 bridgehead atoms. The molecule has 2 heterocycles. The van der Waals surface area contributed by atoms with Gasteiger partial charge in [-0.15, -0.1) is 10.2 Å². The molecular weight excluding hydrogens is 372 g/mol. The summed E-state index contributed by atoms with van der Waals surface area (Å²) in [6.07, 6.45) is 2.12. The highest BCUT2D eigenvalue weighted by molar-refractivity contribution is 7.99. The van der Waals surface area contributed by atoms with Crippen LogP contribution in [0.2, 0.25) is 0 Å². The highest BCUT2D eigenvalue weighted by atomic mass is 32.2. The van der Waals surface area contributed by atoms with E-state index >= 15 is 0 Å². The number of thioether (sulfide) groups is 1. The third-order valence-corrected chi connectivity index (χ3v) is 6.89. The second kappa shape index (κ2) is 8.22. The zero-order valence-electron chi connectivity index (χ0n) is 14.7. The summed E-state index contributed by atoms with van der Waals surface area (Å²) in [5, 5.41) is 8.75. The van der Waals surface area contributed by atoms with Crippen molar-refractivity contribution in [2.75, 3.05) is 18.8 Å². The predicted octanol–water partition coefficient (Wildman–Crippen LogP) is 1.99. The topological polar surface area (TPSA) is 85.2 Å². The maximum Gasteiger partial charge on any atom is 0.233 e. The van der Waals surface area contributed by atoms with Gasteiger partial charge in [-0.2, -0.15) is 0 Å². The van der Waals surface area contributed by atoms with Crippen LogP contribution in [0.1, 0.15) is 25.6 Å². The van der Waals surface area contributed by atoms with Crippen molar-refractivity contribution in [3.8, 4) is 0 Å². The van der Waals surface area contributed by atoms with Crippen LogP contribution in [0.15, 0.2) is 40.4 Å². The Hall–Kier alpha value is -1.87. The second-order valence-electron chi connectivity index (χ2n) is 6.09. The van der Waals surface area contributed by atoms with Crippen molar-refractivity contribution in [3.05, 3.63) is 36.2 Å². The van der Waals surface area contributed by atoms with Crippen molar-refractivity contribution < 1.29 is 13.2 Å². The molecule has 0 aliphatic carbocycles. The van der Waals surface area contributed by atoms with Gasteiger partial charge in [-0.05, 0) is 31.9 Å². The van der Waals surface area contributed by atoms with Crippen molar-refractivity contribution >= 4 is 27.5 Å². The maximum atomic E-state index is 12.6. The van der Waals surface area contributed by atoms with Crippen LogP contribution in [0.3, 0.4) is 0 Å². The smallest absolute Gasteiger partial charge is 0.233 e. The summed E-state index contributed by atoms with van der Waals surface area (Å²) >= 11 is 1.31. The molecule has 9 heteroatoms. The summed E-state index contributed by atoms with van der Waals surface area (Å²) in [4.78, 5) is 14.3. The number of hydrogen-bond donors (Lipinski definition) is 0. The quantitative estimate of drug-likeness (QED) is 0.668. The Morgan fingerprint density at radius 3 is 2.50 bits per heavy atom. The number of carbonyl (C=O) groups excluding carboxylic acids is 1. The first kappa shape index (κ1) is 18.9. The van der Waals surface area contributed by atoms with E-state index in [1.54, 1.807) is 34.9 Å². The van der Waals surface area contributed by atoms with Crippen LogP contribution in [0.25, 0.3) is 0 Å². The number of amides is 1. The summed E-state index contributed by atoms with van der Waals surface area (Å²) in [5.41, 5.74) is 0. The van der Waals surface area contributed by atoms with Gasteiger partial charge in [0.15, 0.2) is 15.0 Å². The van der Waals surface area contributed by atoms with Crippen molar-refractivity contribution in [1.29, 1.82) is 0 Å². The number of aromatic nitrogens is 3. The molecule has 0 N–H and O–H groups in total. The number of nitrogens with zero attached hydrogens (tertiary/aromatic N) is 4. The van der Waals surface area contributed by atoms with Crippen molar-refractivity contribution in [3.63, 3.8) is 0 Å². The highest BCUT2D eigenvalue weighted by Gasteiger charge is 2.22. The lowest BCUT2D eigenvalue weighted by Crippen LogP contribution is -2.29. The first-order valence-corrected chi connectivity index (χ1v) is 11.3. The minimum absolute atomic E-state index is 0.0941. The summed E-state index contributed by atoms with van der Waals surface area (Å²) in [6, 6.07) is 8.32.